The normalized spacial score (nSPS) is 18.7. The average Bonchev–Trinajstić information content (AvgIpc) is 3.68. The van der Waals surface area contributed by atoms with E-state index < -0.39 is 49.5 Å². The topological polar surface area (TPSA) is 182 Å². The van der Waals surface area contributed by atoms with Crippen LogP contribution in [0.15, 0.2) is 30.3 Å². The van der Waals surface area contributed by atoms with Crippen LogP contribution in [0.25, 0.3) is 0 Å². The van der Waals surface area contributed by atoms with Gasteiger partial charge in [0.25, 0.3) is 0 Å². The third kappa shape index (κ3) is 12.8. The van der Waals surface area contributed by atoms with Crippen molar-refractivity contribution < 1.29 is 42.5 Å². The first-order valence-corrected chi connectivity index (χ1v) is 15.7. The highest BCUT2D eigenvalue weighted by atomic mass is 31.1. The smallest absolute Gasteiger partial charge is 0.245 e. The van der Waals surface area contributed by atoms with Crippen molar-refractivity contribution in [2.45, 2.75) is 70.7 Å². The molecular formula is C28H43N4O9P. The molecule has 13 nitrogen and oxygen atoms in total. The number of amides is 4. The van der Waals surface area contributed by atoms with Gasteiger partial charge < -0.3 is 35.3 Å². The number of aryl methyl sites for hydroxylation is 1. The van der Waals surface area contributed by atoms with Crippen LogP contribution in [0, 0.1) is 5.92 Å². The Morgan fingerprint density at radius 1 is 0.976 bits per heavy atom. The Morgan fingerprint density at radius 2 is 1.60 bits per heavy atom. The van der Waals surface area contributed by atoms with Crippen LogP contribution in [0.5, 0.6) is 0 Å². The molecule has 5 atom stereocenters. The van der Waals surface area contributed by atoms with E-state index in [1.54, 1.807) is 6.92 Å². The summed E-state index contributed by atoms with van der Waals surface area (Å²) in [6, 6.07) is 6.30. The van der Waals surface area contributed by atoms with Crippen LogP contribution in [-0.4, -0.2) is 86.4 Å². The van der Waals surface area contributed by atoms with Crippen LogP contribution in [0.1, 0.15) is 46.1 Å². The first kappa shape index (κ1) is 35.1. The summed E-state index contributed by atoms with van der Waals surface area (Å²) in [5, 5.41) is 10.4. The van der Waals surface area contributed by atoms with E-state index in [1.807, 2.05) is 44.2 Å². The lowest BCUT2D eigenvalue weighted by molar-refractivity contribution is -0.135. The van der Waals surface area contributed by atoms with Crippen molar-refractivity contribution in [1.82, 2.24) is 21.3 Å². The van der Waals surface area contributed by atoms with Gasteiger partial charge in [0.2, 0.25) is 23.6 Å². The molecule has 4 N–H and O–H groups in total. The molecule has 14 heteroatoms. The van der Waals surface area contributed by atoms with E-state index >= 15 is 0 Å². The number of Topliss-reactive ketones (excluding diaryl/α,β-unsaturated/α-hetero) is 1. The van der Waals surface area contributed by atoms with Crippen molar-refractivity contribution in [2.75, 3.05) is 33.2 Å². The first-order valence-electron chi connectivity index (χ1n) is 13.9. The predicted molar refractivity (Wildman–Crippen MR) is 155 cm³/mol. The summed E-state index contributed by atoms with van der Waals surface area (Å²) in [7, 11) is -2.28. The van der Waals surface area contributed by atoms with Crippen LogP contribution in [0.4, 0.5) is 0 Å². The molecule has 1 aliphatic heterocycles. The van der Waals surface area contributed by atoms with Crippen LogP contribution in [0.3, 0.4) is 0 Å². The van der Waals surface area contributed by atoms with Gasteiger partial charge >= 0.3 is 0 Å². The van der Waals surface area contributed by atoms with Gasteiger partial charge in [-0.1, -0.05) is 44.2 Å². The SMILES string of the molecule is CC(=O)N[C@@H](CCc1ccccc1)C(=O)N[C@@H](CC(C)C)C(=O)N[C@@H](COCO[PH](C)=O)C(=O)NCC(=O)[C@@]1(C)CO1. The largest absolute Gasteiger partial charge is 0.362 e. The van der Waals surface area contributed by atoms with Gasteiger partial charge in [-0.2, -0.15) is 0 Å². The summed E-state index contributed by atoms with van der Waals surface area (Å²) in [5.74, 6) is -2.61. The molecule has 0 bridgehead atoms. The molecule has 0 aliphatic carbocycles. The van der Waals surface area contributed by atoms with E-state index in [2.05, 4.69) is 21.3 Å². The fraction of sp³-hybridized carbons (Fsp3) is 0.607. The number of carbonyl (C=O) groups excluding carboxylic acids is 5. The second kappa shape index (κ2) is 17.1. The fourth-order valence-corrected chi connectivity index (χ4v) is 4.19. The van der Waals surface area contributed by atoms with Gasteiger partial charge in [0.15, 0.2) is 20.6 Å². The second-order valence-electron chi connectivity index (χ2n) is 10.8. The number of hydrogen-bond donors (Lipinski definition) is 4. The standard InChI is InChI=1S/C28H43N4O9P/c1-18(2)13-22(31-26(36)21(30-19(3)33)12-11-20-9-7-6-8-10-20)27(37)32-23(15-39-17-41-42(5)38)25(35)29-14-24(34)28(4)16-40-28/h6-10,18,21-23,42H,11-17H2,1-5H3,(H,29,35)(H,30,33)(H,31,36)(H,32,37)/t21-,22-,23-,28+/m0/s1. The van der Waals surface area contributed by atoms with Crippen molar-refractivity contribution >= 4 is 37.4 Å². The maximum absolute atomic E-state index is 13.4. The molecule has 0 aromatic heterocycles. The van der Waals surface area contributed by atoms with Gasteiger partial charge in [-0.3, -0.25) is 28.5 Å². The van der Waals surface area contributed by atoms with Gasteiger partial charge in [0, 0.05) is 13.6 Å². The van der Waals surface area contributed by atoms with E-state index in [0.717, 1.165) is 5.56 Å². The van der Waals surface area contributed by atoms with E-state index in [4.69, 9.17) is 14.0 Å². The molecule has 42 heavy (non-hydrogen) atoms. The maximum atomic E-state index is 13.4. The lowest BCUT2D eigenvalue weighted by Crippen LogP contribution is -2.58. The molecule has 1 aliphatic rings. The monoisotopic (exact) mass is 610 g/mol. The Bertz CT molecular complexity index is 1110. The van der Waals surface area contributed by atoms with Gasteiger partial charge in [-0.05, 0) is 37.7 Å². The lowest BCUT2D eigenvalue weighted by Gasteiger charge is -2.26. The molecule has 1 saturated heterocycles. The zero-order valence-corrected chi connectivity index (χ0v) is 25.8. The highest BCUT2D eigenvalue weighted by Crippen LogP contribution is 2.26. The molecule has 1 fully saturated rings. The summed E-state index contributed by atoms with van der Waals surface area (Å²) in [6.45, 7) is 7.28. The summed E-state index contributed by atoms with van der Waals surface area (Å²) in [4.78, 5) is 63.7. The minimum absolute atomic E-state index is 0.0133. The Kier molecular flexibility index (Phi) is 14.3. The highest BCUT2D eigenvalue weighted by Gasteiger charge is 2.46. The highest BCUT2D eigenvalue weighted by molar-refractivity contribution is 7.38. The molecule has 1 aromatic carbocycles. The molecule has 0 saturated carbocycles. The fourth-order valence-electron chi connectivity index (χ4n) is 3.94. The van der Waals surface area contributed by atoms with Gasteiger partial charge in [-0.15, -0.1) is 0 Å². The van der Waals surface area contributed by atoms with Crippen molar-refractivity contribution in [3.63, 3.8) is 0 Å². The summed E-state index contributed by atoms with van der Waals surface area (Å²) in [6.07, 6.45) is 1.07. The second-order valence-corrected chi connectivity index (χ2v) is 12.1. The Balaban J connectivity index is 2.11. The maximum Gasteiger partial charge on any atom is 0.245 e. The summed E-state index contributed by atoms with van der Waals surface area (Å²) >= 11 is 0. The molecule has 4 amide bonds. The summed E-state index contributed by atoms with van der Waals surface area (Å²) in [5.41, 5.74) is 0.0609. The van der Waals surface area contributed by atoms with Crippen molar-refractivity contribution in [3.8, 4) is 0 Å². The van der Waals surface area contributed by atoms with Crippen molar-refractivity contribution in [1.29, 1.82) is 0 Å². The van der Waals surface area contributed by atoms with Crippen molar-refractivity contribution in [2.24, 2.45) is 5.92 Å². The predicted octanol–water partition coefficient (Wildman–Crippen LogP) is 0.709. The third-order valence-corrected chi connectivity index (χ3v) is 6.98. The van der Waals surface area contributed by atoms with Gasteiger partial charge in [-0.25, -0.2) is 0 Å². The number of ketones is 1. The molecule has 1 heterocycles. The van der Waals surface area contributed by atoms with E-state index in [9.17, 15) is 28.5 Å². The molecule has 0 radical (unpaired) electrons. The first-order chi connectivity index (χ1) is 19.8. The Labute approximate surface area is 247 Å². The lowest BCUT2D eigenvalue weighted by atomic mass is 10.0. The van der Waals surface area contributed by atoms with Crippen LogP contribution >= 0.6 is 8.03 Å². The van der Waals surface area contributed by atoms with Gasteiger partial charge in [0.1, 0.15) is 23.7 Å². The van der Waals surface area contributed by atoms with Gasteiger partial charge in [0.05, 0.1) is 19.8 Å². The zero-order valence-electron chi connectivity index (χ0n) is 24.8. The number of rotatable bonds is 19. The van der Waals surface area contributed by atoms with E-state index in [0.29, 0.717) is 12.8 Å². The molecular weight excluding hydrogens is 567 g/mol. The number of ether oxygens (including phenoxy) is 2. The minimum Gasteiger partial charge on any atom is -0.362 e. The van der Waals surface area contributed by atoms with E-state index in [1.165, 1.54) is 13.6 Å². The summed E-state index contributed by atoms with van der Waals surface area (Å²) < 4.78 is 26.5. The number of hydrogen-bond acceptors (Lipinski definition) is 9. The third-order valence-electron chi connectivity index (χ3n) is 6.45. The van der Waals surface area contributed by atoms with Crippen LogP contribution in [0.2, 0.25) is 0 Å². The average molecular weight is 611 g/mol. The molecule has 2 rings (SSSR count). The molecule has 1 aromatic rings. The Hall–Kier alpha value is -3.12. The van der Waals surface area contributed by atoms with E-state index in [-0.39, 0.29) is 50.6 Å². The minimum atomic E-state index is -2.28. The number of carbonyl (C=O) groups is 5. The number of nitrogens with one attached hydrogen (secondary N) is 4. The zero-order chi connectivity index (χ0) is 31.3. The molecule has 0 spiro atoms. The Morgan fingerprint density at radius 3 is 2.17 bits per heavy atom. The number of epoxide rings is 1. The molecule has 1 unspecified atom stereocenters. The van der Waals surface area contributed by atoms with Crippen LogP contribution in [-0.2, 0) is 49.0 Å². The van der Waals surface area contributed by atoms with Crippen molar-refractivity contribution in [3.05, 3.63) is 35.9 Å². The molecule has 234 valence electrons. The quantitative estimate of drug-likeness (QED) is 0.0759. The van der Waals surface area contributed by atoms with Crippen LogP contribution < -0.4 is 21.3 Å². The number of benzene rings is 1.